The van der Waals surface area contributed by atoms with E-state index in [1.54, 1.807) is 17.9 Å². The van der Waals surface area contributed by atoms with E-state index in [0.29, 0.717) is 6.54 Å². The first-order valence-electron chi connectivity index (χ1n) is 5.08. The van der Waals surface area contributed by atoms with Crippen LogP contribution in [0.15, 0.2) is 6.20 Å². The van der Waals surface area contributed by atoms with Crippen molar-refractivity contribution in [1.82, 2.24) is 15.1 Å². The third kappa shape index (κ3) is 2.56. The number of carbonyl (C=O) groups is 1. The van der Waals surface area contributed by atoms with E-state index in [1.807, 2.05) is 13.8 Å². The molecule has 0 aliphatic heterocycles. The minimum absolute atomic E-state index is 0.620. The molecule has 0 aliphatic carbocycles. The molecule has 0 fully saturated rings. The summed E-state index contributed by atoms with van der Waals surface area (Å²) in [4.78, 5) is 11.1. The molecule has 2 N–H and O–H groups in total. The predicted molar refractivity (Wildman–Crippen MR) is 56.6 cm³/mol. The molecule has 0 aromatic carbocycles. The molecule has 0 amide bonds. The molecule has 1 aromatic heterocycles. The van der Waals surface area contributed by atoms with Crippen molar-refractivity contribution in [3.05, 3.63) is 17.5 Å². The Kier molecular flexibility index (Phi) is 3.85. The lowest BCUT2D eigenvalue weighted by molar-refractivity contribution is -0.139. The summed E-state index contributed by atoms with van der Waals surface area (Å²) in [5, 5.41) is 16.2. The highest BCUT2D eigenvalue weighted by Crippen LogP contribution is 2.17. The highest BCUT2D eigenvalue weighted by molar-refractivity contribution is 5.75. The van der Waals surface area contributed by atoms with Gasteiger partial charge in [0.2, 0.25) is 0 Å². The quantitative estimate of drug-likeness (QED) is 0.753. The van der Waals surface area contributed by atoms with E-state index in [1.165, 1.54) is 0 Å². The third-order valence-corrected chi connectivity index (χ3v) is 2.24. The van der Waals surface area contributed by atoms with Crippen LogP contribution in [0.4, 0.5) is 0 Å². The van der Waals surface area contributed by atoms with Crippen molar-refractivity contribution in [2.45, 2.75) is 26.3 Å². The number of aryl methyl sites for hydroxylation is 2. The van der Waals surface area contributed by atoms with Gasteiger partial charge in [0.05, 0.1) is 5.69 Å². The Labute approximate surface area is 89.1 Å². The van der Waals surface area contributed by atoms with Gasteiger partial charge in [-0.15, -0.1) is 0 Å². The van der Waals surface area contributed by atoms with Crippen molar-refractivity contribution in [3.8, 4) is 0 Å². The fourth-order valence-corrected chi connectivity index (χ4v) is 1.60. The van der Waals surface area contributed by atoms with Gasteiger partial charge >= 0.3 is 5.97 Å². The fraction of sp³-hybridized carbons (Fsp3) is 0.600. The van der Waals surface area contributed by atoms with E-state index in [-0.39, 0.29) is 0 Å². The van der Waals surface area contributed by atoms with E-state index >= 15 is 0 Å². The highest BCUT2D eigenvalue weighted by Gasteiger charge is 2.23. The molecule has 15 heavy (non-hydrogen) atoms. The molecule has 0 aliphatic rings. The van der Waals surface area contributed by atoms with Gasteiger partial charge in [0.1, 0.15) is 6.04 Å². The van der Waals surface area contributed by atoms with E-state index in [0.717, 1.165) is 17.7 Å². The van der Waals surface area contributed by atoms with Gasteiger partial charge in [0.25, 0.3) is 0 Å². The summed E-state index contributed by atoms with van der Waals surface area (Å²) >= 11 is 0. The molecule has 1 unspecified atom stereocenters. The van der Waals surface area contributed by atoms with Gasteiger partial charge in [-0.3, -0.25) is 9.48 Å². The van der Waals surface area contributed by atoms with Crippen LogP contribution < -0.4 is 5.32 Å². The number of carboxylic acid groups (broad SMARTS) is 1. The summed E-state index contributed by atoms with van der Waals surface area (Å²) in [7, 11) is 1.80. The number of nitrogens with zero attached hydrogens (tertiary/aromatic N) is 2. The van der Waals surface area contributed by atoms with Crippen LogP contribution in [0.25, 0.3) is 0 Å². The first kappa shape index (κ1) is 11.7. The van der Waals surface area contributed by atoms with Crippen molar-refractivity contribution in [1.29, 1.82) is 0 Å². The standard InChI is InChI=1S/C10H17N3O2/c1-4-8-7(6-13(3)12-8)9(10(14)15)11-5-2/h6,9,11H,4-5H2,1-3H3,(H,14,15). The van der Waals surface area contributed by atoms with E-state index < -0.39 is 12.0 Å². The molecule has 1 rings (SSSR count). The van der Waals surface area contributed by atoms with Gasteiger partial charge in [-0.1, -0.05) is 13.8 Å². The molecule has 5 nitrogen and oxygen atoms in total. The topological polar surface area (TPSA) is 67.2 Å². The average molecular weight is 211 g/mol. The van der Waals surface area contributed by atoms with Crippen LogP contribution in [0.2, 0.25) is 0 Å². The SMILES string of the molecule is CCNC(C(=O)O)c1cn(C)nc1CC. The van der Waals surface area contributed by atoms with Gasteiger partial charge in [-0.05, 0) is 13.0 Å². The Morgan fingerprint density at radius 2 is 2.33 bits per heavy atom. The summed E-state index contributed by atoms with van der Waals surface area (Å²) in [5.74, 6) is -0.862. The van der Waals surface area contributed by atoms with Gasteiger partial charge in [-0.2, -0.15) is 5.10 Å². The number of aromatic nitrogens is 2. The summed E-state index contributed by atoms with van der Waals surface area (Å²) < 4.78 is 1.65. The van der Waals surface area contributed by atoms with Crippen LogP contribution in [0.1, 0.15) is 31.1 Å². The summed E-state index contributed by atoms with van der Waals surface area (Å²) in [6.45, 7) is 4.48. The number of hydrogen-bond donors (Lipinski definition) is 2. The van der Waals surface area contributed by atoms with E-state index in [9.17, 15) is 4.79 Å². The third-order valence-electron chi connectivity index (χ3n) is 2.24. The highest BCUT2D eigenvalue weighted by atomic mass is 16.4. The number of nitrogens with one attached hydrogen (secondary N) is 1. The number of carboxylic acids is 1. The number of likely N-dealkylation sites (N-methyl/N-ethyl adjacent to an activating group) is 1. The minimum Gasteiger partial charge on any atom is -0.480 e. The Balaban J connectivity index is 3.03. The Morgan fingerprint density at radius 3 is 2.80 bits per heavy atom. The number of aliphatic carboxylic acids is 1. The largest absolute Gasteiger partial charge is 0.480 e. The van der Waals surface area contributed by atoms with Crippen LogP contribution in [-0.2, 0) is 18.3 Å². The van der Waals surface area contributed by atoms with Crippen LogP contribution in [0, 0.1) is 0 Å². The number of rotatable bonds is 5. The van der Waals surface area contributed by atoms with E-state index in [2.05, 4.69) is 10.4 Å². The Morgan fingerprint density at radius 1 is 1.67 bits per heavy atom. The lowest BCUT2D eigenvalue weighted by atomic mass is 10.1. The van der Waals surface area contributed by atoms with Crippen molar-refractivity contribution >= 4 is 5.97 Å². The lowest BCUT2D eigenvalue weighted by Crippen LogP contribution is -2.28. The molecule has 0 bridgehead atoms. The Bertz CT molecular complexity index is 346. The second kappa shape index (κ2) is 4.93. The van der Waals surface area contributed by atoms with Crippen LogP contribution in [0.3, 0.4) is 0 Å². The minimum atomic E-state index is -0.862. The molecule has 0 radical (unpaired) electrons. The summed E-state index contributed by atoms with van der Waals surface area (Å²) in [5.41, 5.74) is 1.60. The molecule has 0 saturated carbocycles. The van der Waals surface area contributed by atoms with Crippen molar-refractivity contribution in [2.24, 2.45) is 7.05 Å². The number of hydrogen-bond acceptors (Lipinski definition) is 3. The van der Waals surface area contributed by atoms with Crippen LogP contribution >= 0.6 is 0 Å². The molecule has 1 atom stereocenters. The summed E-state index contributed by atoms with van der Waals surface area (Å²) in [6, 6.07) is -0.654. The van der Waals surface area contributed by atoms with Crippen LogP contribution in [0.5, 0.6) is 0 Å². The molecule has 1 heterocycles. The molecule has 0 saturated heterocycles. The maximum absolute atomic E-state index is 11.1. The average Bonchev–Trinajstić information content (AvgIpc) is 2.55. The van der Waals surface area contributed by atoms with Crippen LogP contribution in [-0.4, -0.2) is 27.4 Å². The zero-order chi connectivity index (χ0) is 11.4. The zero-order valence-corrected chi connectivity index (χ0v) is 9.32. The maximum Gasteiger partial charge on any atom is 0.325 e. The molecule has 5 heteroatoms. The Hall–Kier alpha value is -1.36. The smallest absolute Gasteiger partial charge is 0.325 e. The first-order valence-corrected chi connectivity index (χ1v) is 5.08. The van der Waals surface area contributed by atoms with Crippen molar-refractivity contribution in [3.63, 3.8) is 0 Å². The molecular formula is C10H17N3O2. The second-order valence-electron chi connectivity index (χ2n) is 3.39. The van der Waals surface area contributed by atoms with Gasteiger partial charge < -0.3 is 10.4 Å². The zero-order valence-electron chi connectivity index (χ0n) is 9.32. The van der Waals surface area contributed by atoms with E-state index in [4.69, 9.17) is 5.11 Å². The molecule has 84 valence electrons. The van der Waals surface area contributed by atoms with Gasteiger partial charge in [0, 0.05) is 18.8 Å². The normalized spacial score (nSPS) is 12.7. The lowest BCUT2D eigenvalue weighted by Gasteiger charge is -2.12. The maximum atomic E-state index is 11.1. The monoisotopic (exact) mass is 211 g/mol. The molecular weight excluding hydrogens is 194 g/mol. The molecule has 1 aromatic rings. The predicted octanol–water partition coefficient (Wildman–Crippen LogP) is 0.718. The fourth-order valence-electron chi connectivity index (χ4n) is 1.60. The first-order chi connectivity index (χ1) is 7.10. The second-order valence-corrected chi connectivity index (χ2v) is 3.39. The van der Waals surface area contributed by atoms with Crippen molar-refractivity contribution in [2.75, 3.05) is 6.54 Å². The summed E-state index contributed by atoms with van der Waals surface area (Å²) in [6.07, 6.45) is 2.51. The molecule has 0 spiro atoms. The van der Waals surface area contributed by atoms with Gasteiger partial charge in [0.15, 0.2) is 0 Å². The van der Waals surface area contributed by atoms with Gasteiger partial charge in [-0.25, -0.2) is 0 Å². The van der Waals surface area contributed by atoms with Crippen molar-refractivity contribution < 1.29 is 9.90 Å².